The van der Waals surface area contributed by atoms with E-state index >= 15 is 0 Å². The molecule has 0 unspecified atom stereocenters. The molecule has 0 aliphatic carbocycles. The number of ether oxygens (including phenoxy) is 1. The molecule has 1 amide bonds. The van der Waals surface area contributed by atoms with Crippen molar-refractivity contribution < 1.29 is 13.9 Å². The molecule has 0 saturated carbocycles. The first-order chi connectivity index (χ1) is 10.2. The normalized spacial score (nSPS) is 10.8. The number of amides is 1. The SMILES string of the molecule is COc1ccc(CCNC(=O)C=Cc2ccc(Br)o2)cc1. The van der Waals surface area contributed by atoms with Crippen molar-refractivity contribution in [3.63, 3.8) is 0 Å². The Labute approximate surface area is 131 Å². The van der Waals surface area contributed by atoms with Gasteiger partial charge in [-0.15, -0.1) is 0 Å². The number of carbonyl (C=O) groups is 1. The Kier molecular flexibility index (Phi) is 5.63. The van der Waals surface area contributed by atoms with Gasteiger partial charge in [-0.2, -0.15) is 0 Å². The molecular weight excluding hydrogens is 334 g/mol. The predicted octanol–water partition coefficient (Wildman–Crippen LogP) is 3.42. The van der Waals surface area contributed by atoms with Crippen molar-refractivity contribution in [3.8, 4) is 5.75 Å². The minimum absolute atomic E-state index is 0.143. The second-order valence-electron chi connectivity index (χ2n) is 4.36. The van der Waals surface area contributed by atoms with Crippen molar-refractivity contribution in [2.75, 3.05) is 13.7 Å². The van der Waals surface area contributed by atoms with Crippen molar-refractivity contribution in [2.45, 2.75) is 6.42 Å². The molecule has 0 spiro atoms. The van der Waals surface area contributed by atoms with Crippen LogP contribution in [0.3, 0.4) is 0 Å². The Morgan fingerprint density at radius 2 is 2.05 bits per heavy atom. The summed E-state index contributed by atoms with van der Waals surface area (Å²) in [5.41, 5.74) is 1.15. The third-order valence-electron chi connectivity index (χ3n) is 2.86. The van der Waals surface area contributed by atoms with E-state index in [1.165, 1.54) is 6.08 Å². The highest BCUT2D eigenvalue weighted by Crippen LogP contribution is 2.15. The van der Waals surface area contributed by atoms with Crippen LogP contribution in [0.15, 0.2) is 51.6 Å². The van der Waals surface area contributed by atoms with E-state index in [0.29, 0.717) is 17.0 Å². The largest absolute Gasteiger partial charge is 0.497 e. The van der Waals surface area contributed by atoms with Crippen LogP contribution >= 0.6 is 15.9 Å². The first kappa shape index (κ1) is 15.4. The molecule has 0 saturated heterocycles. The zero-order valence-electron chi connectivity index (χ0n) is 11.6. The van der Waals surface area contributed by atoms with Gasteiger partial charge in [-0.1, -0.05) is 12.1 Å². The van der Waals surface area contributed by atoms with Gasteiger partial charge in [0.1, 0.15) is 11.5 Å². The van der Waals surface area contributed by atoms with Crippen LogP contribution < -0.4 is 10.1 Å². The minimum Gasteiger partial charge on any atom is -0.497 e. The van der Waals surface area contributed by atoms with Gasteiger partial charge < -0.3 is 14.5 Å². The van der Waals surface area contributed by atoms with E-state index in [-0.39, 0.29) is 5.91 Å². The summed E-state index contributed by atoms with van der Waals surface area (Å²) in [4.78, 5) is 11.6. The third-order valence-corrected chi connectivity index (χ3v) is 3.29. The summed E-state index contributed by atoms with van der Waals surface area (Å²) in [6, 6.07) is 11.4. The fourth-order valence-electron chi connectivity index (χ4n) is 1.76. The molecule has 0 aliphatic rings. The minimum atomic E-state index is -0.143. The van der Waals surface area contributed by atoms with Crippen LogP contribution in [0, 0.1) is 0 Å². The van der Waals surface area contributed by atoms with Crippen LogP contribution in [0.1, 0.15) is 11.3 Å². The summed E-state index contributed by atoms with van der Waals surface area (Å²) >= 11 is 3.21. The average Bonchev–Trinajstić information content (AvgIpc) is 2.91. The number of carbonyl (C=O) groups excluding carboxylic acids is 1. The number of nitrogens with one attached hydrogen (secondary N) is 1. The molecule has 21 heavy (non-hydrogen) atoms. The molecule has 2 rings (SSSR count). The Hall–Kier alpha value is -2.01. The first-order valence-corrected chi connectivity index (χ1v) is 7.31. The van der Waals surface area contributed by atoms with Crippen molar-refractivity contribution in [1.29, 1.82) is 0 Å². The Balaban J connectivity index is 1.74. The van der Waals surface area contributed by atoms with E-state index in [1.807, 2.05) is 24.3 Å². The Bertz CT molecular complexity index is 617. The highest BCUT2D eigenvalue weighted by Gasteiger charge is 1.99. The molecule has 5 heteroatoms. The van der Waals surface area contributed by atoms with Crippen LogP contribution in [0.4, 0.5) is 0 Å². The highest BCUT2D eigenvalue weighted by molar-refractivity contribution is 9.10. The number of rotatable bonds is 6. The summed E-state index contributed by atoms with van der Waals surface area (Å²) in [6.45, 7) is 0.581. The molecular formula is C16H16BrNO3. The number of furan rings is 1. The number of benzene rings is 1. The molecule has 1 aromatic carbocycles. The first-order valence-electron chi connectivity index (χ1n) is 6.51. The van der Waals surface area contributed by atoms with E-state index < -0.39 is 0 Å². The maximum Gasteiger partial charge on any atom is 0.244 e. The standard InChI is InChI=1S/C16H16BrNO3/c1-20-13-4-2-12(3-5-13)10-11-18-16(19)9-7-14-6-8-15(17)21-14/h2-9H,10-11H2,1H3,(H,18,19). The number of methoxy groups -OCH3 is 1. The van der Waals surface area contributed by atoms with E-state index in [0.717, 1.165) is 17.7 Å². The molecule has 0 radical (unpaired) electrons. The number of hydrogen-bond acceptors (Lipinski definition) is 3. The van der Waals surface area contributed by atoms with E-state index in [9.17, 15) is 4.79 Å². The van der Waals surface area contributed by atoms with Crippen LogP contribution in [0.25, 0.3) is 6.08 Å². The molecule has 2 aromatic rings. The van der Waals surface area contributed by atoms with Crippen molar-refractivity contribution in [2.24, 2.45) is 0 Å². The molecule has 1 aromatic heterocycles. The molecule has 1 N–H and O–H groups in total. The highest BCUT2D eigenvalue weighted by atomic mass is 79.9. The van der Waals surface area contributed by atoms with Gasteiger partial charge in [0.05, 0.1) is 7.11 Å². The Morgan fingerprint density at radius 1 is 1.29 bits per heavy atom. The molecule has 0 atom stereocenters. The van der Waals surface area contributed by atoms with Crippen molar-refractivity contribution in [1.82, 2.24) is 5.32 Å². The van der Waals surface area contributed by atoms with Gasteiger partial charge in [0.2, 0.25) is 5.91 Å². The maximum atomic E-state index is 11.6. The summed E-state index contributed by atoms with van der Waals surface area (Å²) in [5.74, 6) is 1.32. The van der Waals surface area contributed by atoms with Gasteiger partial charge in [-0.3, -0.25) is 4.79 Å². The Morgan fingerprint density at radius 3 is 2.67 bits per heavy atom. The van der Waals surface area contributed by atoms with Gasteiger partial charge in [0.15, 0.2) is 4.67 Å². The molecule has 0 fully saturated rings. The average molecular weight is 350 g/mol. The zero-order chi connectivity index (χ0) is 15.1. The van der Waals surface area contributed by atoms with Gasteiger partial charge in [-0.05, 0) is 58.3 Å². The summed E-state index contributed by atoms with van der Waals surface area (Å²) < 4.78 is 11.0. The smallest absolute Gasteiger partial charge is 0.244 e. The van der Waals surface area contributed by atoms with Gasteiger partial charge in [0.25, 0.3) is 0 Å². The van der Waals surface area contributed by atoms with E-state index in [2.05, 4.69) is 21.2 Å². The lowest BCUT2D eigenvalue weighted by Crippen LogP contribution is -2.23. The summed E-state index contributed by atoms with van der Waals surface area (Å²) in [5, 5.41) is 2.83. The van der Waals surface area contributed by atoms with E-state index in [1.54, 1.807) is 25.3 Å². The lowest BCUT2D eigenvalue weighted by molar-refractivity contribution is -0.116. The number of hydrogen-bond donors (Lipinski definition) is 1. The number of halogens is 1. The second kappa shape index (κ2) is 7.69. The van der Waals surface area contributed by atoms with Crippen LogP contribution in [-0.4, -0.2) is 19.6 Å². The van der Waals surface area contributed by atoms with E-state index in [4.69, 9.17) is 9.15 Å². The lowest BCUT2D eigenvalue weighted by Gasteiger charge is -2.04. The second-order valence-corrected chi connectivity index (χ2v) is 5.15. The van der Waals surface area contributed by atoms with Crippen LogP contribution in [-0.2, 0) is 11.2 Å². The summed E-state index contributed by atoms with van der Waals surface area (Å²) in [6.07, 6.45) is 3.86. The monoisotopic (exact) mass is 349 g/mol. The van der Waals surface area contributed by atoms with Gasteiger partial charge in [-0.25, -0.2) is 0 Å². The van der Waals surface area contributed by atoms with Crippen LogP contribution in [0.5, 0.6) is 5.75 Å². The fourth-order valence-corrected chi connectivity index (χ4v) is 2.08. The molecule has 0 aliphatic heterocycles. The van der Waals surface area contributed by atoms with Crippen LogP contribution in [0.2, 0.25) is 0 Å². The predicted molar refractivity (Wildman–Crippen MR) is 85.1 cm³/mol. The fraction of sp³-hybridized carbons (Fsp3) is 0.188. The topological polar surface area (TPSA) is 51.5 Å². The molecule has 0 bridgehead atoms. The molecule has 1 heterocycles. The van der Waals surface area contributed by atoms with Crippen molar-refractivity contribution >= 4 is 27.9 Å². The van der Waals surface area contributed by atoms with Gasteiger partial charge >= 0.3 is 0 Å². The zero-order valence-corrected chi connectivity index (χ0v) is 13.2. The van der Waals surface area contributed by atoms with Gasteiger partial charge in [0, 0.05) is 12.6 Å². The third kappa shape index (κ3) is 5.11. The summed E-state index contributed by atoms with van der Waals surface area (Å²) in [7, 11) is 1.64. The quantitative estimate of drug-likeness (QED) is 0.813. The molecule has 110 valence electrons. The molecule has 4 nitrogen and oxygen atoms in total. The van der Waals surface area contributed by atoms with Crippen molar-refractivity contribution in [3.05, 3.63) is 58.5 Å². The lowest BCUT2D eigenvalue weighted by atomic mass is 10.1. The maximum absolute atomic E-state index is 11.6.